The zero-order valence-corrected chi connectivity index (χ0v) is 18.6. The second kappa shape index (κ2) is 8.38. The summed E-state index contributed by atoms with van der Waals surface area (Å²) in [6.07, 6.45) is 2.53. The molecule has 29 heavy (non-hydrogen) atoms. The second-order valence-electron chi connectivity index (χ2n) is 7.66. The van der Waals surface area contributed by atoms with Gasteiger partial charge in [0.2, 0.25) is 15.9 Å². The van der Waals surface area contributed by atoms with Crippen molar-refractivity contribution in [2.24, 2.45) is 0 Å². The summed E-state index contributed by atoms with van der Waals surface area (Å²) in [4.78, 5) is 13.8. The van der Waals surface area contributed by atoms with Crippen LogP contribution in [-0.4, -0.2) is 44.1 Å². The van der Waals surface area contributed by atoms with Gasteiger partial charge in [0.25, 0.3) is 0 Å². The lowest BCUT2D eigenvalue weighted by Gasteiger charge is -2.38. The lowest BCUT2D eigenvalue weighted by Crippen LogP contribution is -2.44. The Hall–Kier alpha value is -2.03. The molecule has 0 aromatic heterocycles. The van der Waals surface area contributed by atoms with Gasteiger partial charge in [-0.25, -0.2) is 8.42 Å². The Bertz CT molecular complexity index is 988. The monoisotopic (exact) mass is 434 g/mol. The van der Waals surface area contributed by atoms with E-state index in [1.54, 1.807) is 24.3 Å². The summed E-state index contributed by atoms with van der Waals surface area (Å²) in [6, 6.07) is 14.0. The van der Waals surface area contributed by atoms with Crippen LogP contribution in [0.3, 0.4) is 0 Å². The van der Waals surface area contributed by atoms with Crippen molar-refractivity contribution in [1.29, 1.82) is 0 Å². The van der Waals surface area contributed by atoms with Gasteiger partial charge >= 0.3 is 0 Å². The van der Waals surface area contributed by atoms with Crippen LogP contribution in [0.15, 0.2) is 58.3 Å². The number of hydrogen-bond acceptors (Lipinski definition) is 5. The Kier molecular flexibility index (Phi) is 6.26. The maximum Gasteiger partial charge on any atom is 0.243 e. The summed E-state index contributed by atoms with van der Waals surface area (Å²) in [5.41, 5.74) is 0.474. The number of nitrogens with one attached hydrogen (secondary N) is 1. The first-order valence-corrected chi connectivity index (χ1v) is 12.0. The maximum absolute atomic E-state index is 12.8. The van der Waals surface area contributed by atoms with Crippen LogP contribution >= 0.6 is 11.8 Å². The van der Waals surface area contributed by atoms with Crippen LogP contribution in [0, 0.1) is 0 Å². The van der Waals surface area contributed by atoms with Gasteiger partial charge in [-0.05, 0) is 50.4 Å². The minimum absolute atomic E-state index is 0.170. The first-order valence-electron chi connectivity index (χ1n) is 9.30. The van der Waals surface area contributed by atoms with Crippen molar-refractivity contribution in [3.8, 4) is 5.75 Å². The van der Waals surface area contributed by atoms with E-state index in [0.717, 1.165) is 20.5 Å². The molecule has 1 aliphatic heterocycles. The first-order chi connectivity index (χ1) is 13.6. The fourth-order valence-corrected chi connectivity index (χ4v) is 4.92. The third kappa shape index (κ3) is 4.94. The smallest absolute Gasteiger partial charge is 0.243 e. The van der Waals surface area contributed by atoms with Gasteiger partial charge in [0.1, 0.15) is 11.4 Å². The number of para-hydroxylation sites is 1. The number of sulfonamides is 1. The number of nitrogens with zero attached hydrogens (tertiary/aromatic N) is 1. The quantitative estimate of drug-likeness (QED) is 0.705. The number of thioether (sulfide) groups is 1. The molecular weight excluding hydrogens is 408 g/mol. The molecule has 8 heteroatoms. The van der Waals surface area contributed by atoms with Crippen molar-refractivity contribution in [2.75, 3.05) is 19.8 Å². The average molecular weight is 435 g/mol. The molecule has 1 amide bonds. The van der Waals surface area contributed by atoms with Gasteiger partial charge in [0.05, 0.1) is 17.5 Å². The summed E-state index contributed by atoms with van der Waals surface area (Å²) in [7, 11) is -2.33. The van der Waals surface area contributed by atoms with E-state index in [2.05, 4.69) is 5.32 Å². The highest BCUT2D eigenvalue weighted by Gasteiger charge is 2.34. The number of fused-ring (bicyclic) bond motifs is 1. The van der Waals surface area contributed by atoms with E-state index in [0.29, 0.717) is 6.42 Å². The van der Waals surface area contributed by atoms with Crippen molar-refractivity contribution >= 4 is 27.7 Å². The average Bonchev–Trinajstić information content (AvgIpc) is 2.67. The molecule has 0 spiro atoms. The molecule has 2 aromatic rings. The van der Waals surface area contributed by atoms with Crippen molar-refractivity contribution in [3.63, 3.8) is 0 Å². The van der Waals surface area contributed by atoms with Crippen molar-refractivity contribution in [1.82, 2.24) is 9.62 Å². The molecule has 156 valence electrons. The Morgan fingerprint density at radius 3 is 2.52 bits per heavy atom. The number of ether oxygens (including phenoxy) is 1. The Labute approximate surface area is 176 Å². The lowest BCUT2D eigenvalue weighted by molar-refractivity contribution is -0.122. The highest BCUT2D eigenvalue weighted by molar-refractivity contribution is 7.98. The number of likely N-dealkylation sites (N-methyl/N-ethyl adjacent to an activating group) is 1. The van der Waals surface area contributed by atoms with Crippen LogP contribution < -0.4 is 10.1 Å². The van der Waals surface area contributed by atoms with E-state index in [1.807, 2.05) is 44.4 Å². The van der Waals surface area contributed by atoms with Crippen LogP contribution in [0.25, 0.3) is 0 Å². The van der Waals surface area contributed by atoms with Crippen molar-refractivity contribution < 1.29 is 17.9 Å². The Balaban J connectivity index is 1.71. The standard InChI is InChI=1S/C21H26N2O4S2/c1-21(2)13-18(17-7-5-6-8-19(17)27-21)22-20(24)14-23(3)29(25,26)16-11-9-15(28-4)10-12-16/h5-12,18H,13-14H2,1-4H3,(H,22,24)/t18-/m0/s1. The van der Waals surface area contributed by atoms with Gasteiger partial charge in [-0.2, -0.15) is 4.31 Å². The molecular formula is C21H26N2O4S2. The zero-order valence-electron chi connectivity index (χ0n) is 17.0. The van der Waals surface area contributed by atoms with Gasteiger partial charge < -0.3 is 10.1 Å². The summed E-state index contributed by atoms with van der Waals surface area (Å²) in [5, 5.41) is 2.98. The van der Waals surface area contributed by atoms with Gasteiger partial charge in [0, 0.05) is 23.9 Å². The van der Waals surface area contributed by atoms with Crippen molar-refractivity contribution in [2.45, 2.75) is 41.7 Å². The van der Waals surface area contributed by atoms with E-state index in [1.165, 1.54) is 18.8 Å². The van der Waals surface area contributed by atoms with E-state index < -0.39 is 15.6 Å². The topological polar surface area (TPSA) is 75.7 Å². The molecule has 1 N–H and O–H groups in total. The summed E-state index contributed by atoms with van der Waals surface area (Å²) < 4.78 is 32.6. The summed E-state index contributed by atoms with van der Waals surface area (Å²) >= 11 is 1.54. The second-order valence-corrected chi connectivity index (χ2v) is 10.6. The van der Waals surface area contributed by atoms with E-state index in [4.69, 9.17) is 4.74 Å². The molecule has 2 aromatic carbocycles. The molecule has 0 unspecified atom stereocenters. The van der Waals surface area contributed by atoms with Crippen LogP contribution in [0.5, 0.6) is 5.75 Å². The fraction of sp³-hybridized carbons (Fsp3) is 0.381. The SMILES string of the molecule is CSc1ccc(S(=O)(=O)N(C)CC(=O)N[C@H]2CC(C)(C)Oc3ccccc32)cc1. The molecule has 0 aliphatic carbocycles. The van der Waals surface area contributed by atoms with E-state index in [-0.39, 0.29) is 23.4 Å². The molecule has 0 radical (unpaired) electrons. The molecule has 0 bridgehead atoms. The molecule has 3 rings (SSSR count). The third-order valence-corrected chi connectivity index (χ3v) is 7.41. The number of rotatable bonds is 6. The molecule has 6 nitrogen and oxygen atoms in total. The van der Waals surface area contributed by atoms with Crippen LogP contribution in [-0.2, 0) is 14.8 Å². The van der Waals surface area contributed by atoms with E-state index in [9.17, 15) is 13.2 Å². The molecule has 1 atom stereocenters. The predicted octanol–water partition coefficient (Wildman–Crippen LogP) is 3.45. The van der Waals surface area contributed by atoms with Gasteiger partial charge in [-0.3, -0.25) is 4.79 Å². The summed E-state index contributed by atoms with van der Waals surface area (Å²) in [5.74, 6) is 0.387. The molecule has 1 aliphatic rings. The van der Waals surface area contributed by atoms with Gasteiger partial charge in [0.15, 0.2) is 0 Å². The largest absolute Gasteiger partial charge is 0.487 e. The van der Waals surface area contributed by atoms with Crippen LogP contribution in [0.1, 0.15) is 31.9 Å². The maximum atomic E-state index is 12.8. The zero-order chi connectivity index (χ0) is 21.2. The minimum Gasteiger partial charge on any atom is -0.487 e. The number of benzene rings is 2. The number of amides is 1. The highest BCUT2D eigenvalue weighted by atomic mass is 32.2. The van der Waals surface area contributed by atoms with Gasteiger partial charge in [-0.1, -0.05) is 18.2 Å². The minimum atomic E-state index is -3.74. The van der Waals surface area contributed by atoms with Gasteiger partial charge in [-0.15, -0.1) is 11.8 Å². The van der Waals surface area contributed by atoms with E-state index >= 15 is 0 Å². The highest BCUT2D eigenvalue weighted by Crippen LogP contribution is 2.39. The Morgan fingerprint density at radius 2 is 1.86 bits per heavy atom. The van der Waals surface area contributed by atoms with Crippen LogP contribution in [0.2, 0.25) is 0 Å². The lowest BCUT2D eigenvalue weighted by atomic mass is 9.89. The normalized spacial score (nSPS) is 18.0. The summed E-state index contributed by atoms with van der Waals surface area (Å²) in [6.45, 7) is 3.68. The first kappa shape index (κ1) is 21.7. The van der Waals surface area contributed by atoms with Crippen molar-refractivity contribution in [3.05, 3.63) is 54.1 Å². The Morgan fingerprint density at radius 1 is 1.21 bits per heavy atom. The predicted molar refractivity (Wildman–Crippen MR) is 115 cm³/mol. The molecule has 1 heterocycles. The molecule has 0 saturated heterocycles. The van der Waals surface area contributed by atoms with Crippen LogP contribution in [0.4, 0.5) is 0 Å². The fourth-order valence-electron chi connectivity index (χ4n) is 3.39. The number of hydrogen-bond donors (Lipinski definition) is 1. The molecule has 0 saturated carbocycles. The third-order valence-electron chi connectivity index (χ3n) is 4.85. The number of carbonyl (C=O) groups is 1. The molecule has 0 fully saturated rings. The number of carbonyl (C=O) groups excluding carboxylic acids is 1.